The summed E-state index contributed by atoms with van der Waals surface area (Å²) in [7, 11) is 0. The van der Waals surface area contributed by atoms with Crippen LogP contribution in [0.2, 0.25) is 0 Å². The van der Waals surface area contributed by atoms with Crippen molar-refractivity contribution >= 4 is 0 Å². The summed E-state index contributed by atoms with van der Waals surface area (Å²) in [6, 6.07) is 0. The molecule has 2 unspecified atom stereocenters. The molecule has 0 aliphatic carbocycles. The van der Waals surface area contributed by atoms with Crippen LogP contribution in [-0.2, 0) is 22.4 Å². The molecule has 2 nitrogen and oxygen atoms in total. The molecule has 0 radical (unpaired) electrons. The Balaban J connectivity index is 0.000000845. The van der Waals surface area contributed by atoms with Crippen LogP contribution in [0.5, 0.6) is 0 Å². The van der Waals surface area contributed by atoms with Gasteiger partial charge in [-0.25, -0.2) is 0 Å². The average molecular weight is 275 g/mol. The van der Waals surface area contributed by atoms with Gasteiger partial charge in [0.1, 0.15) is 0 Å². The Kier molecular flexibility index (Phi) is 3.03. The van der Waals surface area contributed by atoms with E-state index in [0.29, 0.717) is 11.7 Å². The van der Waals surface area contributed by atoms with Crippen LogP contribution >= 0.6 is 0 Å². The molecule has 0 aromatic heterocycles. The van der Waals surface area contributed by atoms with Crippen LogP contribution in [0.1, 0.15) is 40.5 Å². The van der Waals surface area contributed by atoms with Crippen LogP contribution in [0.25, 0.3) is 5.32 Å². The van der Waals surface area contributed by atoms with Gasteiger partial charge in [-0.2, -0.15) is 0 Å². The van der Waals surface area contributed by atoms with Crippen molar-refractivity contribution in [1.82, 2.24) is 5.32 Å². The zero-order valence-electron chi connectivity index (χ0n) is 8.82. The summed E-state index contributed by atoms with van der Waals surface area (Å²) < 4.78 is 0. The van der Waals surface area contributed by atoms with Crippen molar-refractivity contribution in [1.29, 1.82) is 0 Å². The van der Waals surface area contributed by atoms with Crippen molar-refractivity contribution in [3.8, 4) is 0 Å². The fourth-order valence-electron chi connectivity index (χ4n) is 2.74. The summed E-state index contributed by atoms with van der Waals surface area (Å²) in [4.78, 5) is 0. The van der Waals surface area contributed by atoms with Crippen LogP contribution in [0, 0.1) is 5.92 Å². The van der Waals surface area contributed by atoms with E-state index in [9.17, 15) is 0 Å². The second-order valence-corrected chi connectivity index (χ2v) is 5.58. The SMILES string of the molecule is CC1(C)CC2CC(C)(C)NC2[N-]1.[Ag+]. The van der Waals surface area contributed by atoms with Gasteiger partial charge >= 0.3 is 22.4 Å². The van der Waals surface area contributed by atoms with E-state index in [0.717, 1.165) is 5.92 Å². The largest absolute Gasteiger partial charge is 1.00 e. The van der Waals surface area contributed by atoms with Gasteiger partial charge in [0.05, 0.1) is 0 Å². The molecule has 2 aliphatic heterocycles. The van der Waals surface area contributed by atoms with Gasteiger partial charge in [0.15, 0.2) is 0 Å². The number of nitrogens with zero attached hydrogens (tertiary/aromatic N) is 1. The van der Waals surface area contributed by atoms with E-state index in [2.05, 4.69) is 33.0 Å². The predicted octanol–water partition coefficient (Wildman–Crippen LogP) is 2.25. The molecular formula is C10H19AgN2. The molecule has 0 saturated carbocycles. The molecule has 13 heavy (non-hydrogen) atoms. The monoisotopic (exact) mass is 274 g/mol. The Morgan fingerprint density at radius 2 is 1.77 bits per heavy atom. The molecular weight excluding hydrogens is 256 g/mol. The van der Waals surface area contributed by atoms with Crippen LogP contribution in [0.4, 0.5) is 0 Å². The van der Waals surface area contributed by atoms with Gasteiger partial charge in [0.25, 0.3) is 0 Å². The van der Waals surface area contributed by atoms with E-state index in [4.69, 9.17) is 5.32 Å². The topological polar surface area (TPSA) is 26.1 Å². The quantitative estimate of drug-likeness (QED) is 0.674. The first-order valence-electron chi connectivity index (χ1n) is 4.88. The van der Waals surface area contributed by atoms with Gasteiger partial charge in [-0.3, -0.25) is 0 Å². The van der Waals surface area contributed by atoms with Crippen molar-refractivity contribution < 1.29 is 22.4 Å². The first kappa shape index (κ1) is 11.7. The fourth-order valence-corrected chi connectivity index (χ4v) is 2.74. The van der Waals surface area contributed by atoms with Crippen LogP contribution < -0.4 is 5.32 Å². The van der Waals surface area contributed by atoms with E-state index in [-0.39, 0.29) is 27.9 Å². The van der Waals surface area contributed by atoms with Crippen molar-refractivity contribution in [3.63, 3.8) is 0 Å². The Morgan fingerprint density at radius 3 is 2.31 bits per heavy atom. The Morgan fingerprint density at radius 1 is 1.15 bits per heavy atom. The predicted molar refractivity (Wildman–Crippen MR) is 51.2 cm³/mol. The molecule has 2 heterocycles. The molecule has 0 aromatic carbocycles. The second kappa shape index (κ2) is 3.35. The summed E-state index contributed by atoms with van der Waals surface area (Å²) in [5.74, 6) is 0.787. The van der Waals surface area contributed by atoms with Gasteiger partial charge in [-0.05, 0) is 26.2 Å². The van der Waals surface area contributed by atoms with Crippen molar-refractivity contribution in [2.45, 2.75) is 57.8 Å². The van der Waals surface area contributed by atoms with Crippen molar-refractivity contribution in [3.05, 3.63) is 5.32 Å². The molecule has 2 saturated heterocycles. The minimum absolute atomic E-state index is 0. The summed E-state index contributed by atoms with van der Waals surface area (Å²) in [6.45, 7) is 9.02. The van der Waals surface area contributed by atoms with Gasteiger partial charge in [0, 0.05) is 5.54 Å². The van der Waals surface area contributed by atoms with Gasteiger partial charge in [-0.1, -0.05) is 26.4 Å². The smallest absolute Gasteiger partial charge is 0.642 e. The van der Waals surface area contributed by atoms with E-state index < -0.39 is 0 Å². The van der Waals surface area contributed by atoms with E-state index in [1.165, 1.54) is 12.8 Å². The molecule has 2 atom stereocenters. The third-order valence-electron chi connectivity index (χ3n) is 3.01. The van der Waals surface area contributed by atoms with E-state index in [1.807, 2.05) is 0 Å². The molecule has 1 N–H and O–H groups in total. The van der Waals surface area contributed by atoms with Gasteiger partial charge in [-0.15, -0.1) is 5.54 Å². The first-order valence-corrected chi connectivity index (χ1v) is 4.88. The third-order valence-corrected chi connectivity index (χ3v) is 3.01. The minimum atomic E-state index is 0. The Hall–Kier alpha value is 0.660. The average Bonchev–Trinajstić information content (AvgIpc) is 2.12. The van der Waals surface area contributed by atoms with Crippen LogP contribution in [0.15, 0.2) is 0 Å². The second-order valence-electron chi connectivity index (χ2n) is 5.58. The first-order chi connectivity index (χ1) is 5.38. The number of rotatable bonds is 0. The molecule has 0 spiro atoms. The summed E-state index contributed by atoms with van der Waals surface area (Å²) in [5, 5.41) is 8.35. The van der Waals surface area contributed by atoms with Gasteiger partial charge in [0.2, 0.25) is 0 Å². The zero-order valence-corrected chi connectivity index (χ0v) is 10.3. The van der Waals surface area contributed by atoms with Crippen LogP contribution in [0.3, 0.4) is 0 Å². The van der Waals surface area contributed by atoms with Crippen molar-refractivity contribution in [2.75, 3.05) is 0 Å². The van der Waals surface area contributed by atoms with Crippen molar-refractivity contribution in [2.24, 2.45) is 5.92 Å². The molecule has 0 aromatic rings. The molecule has 2 aliphatic rings. The molecule has 2 fully saturated rings. The number of fused-ring (bicyclic) bond motifs is 1. The standard InChI is InChI=1S/C10H19N2.Ag/c1-9(2)5-7-6-10(3,4)12-8(7)11-9;/h7-8,11H,5-6H2,1-4H3;/q-1;+1. The Labute approximate surface area is 96.7 Å². The number of hydrogen-bond acceptors (Lipinski definition) is 1. The summed E-state index contributed by atoms with van der Waals surface area (Å²) in [6.07, 6.45) is 2.98. The molecule has 0 bridgehead atoms. The number of hydrogen-bond donors (Lipinski definition) is 1. The van der Waals surface area contributed by atoms with Crippen LogP contribution in [-0.4, -0.2) is 17.2 Å². The summed E-state index contributed by atoms with van der Waals surface area (Å²) in [5.41, 5.74) is 0.536. The zero-order chi connectivity index (χ0) is 8.98. The molecule has 0 amide bonds. The maximum atomic E-state index is 4.77. The van der Waals surface area contributed by atoms with E-state index >= 15 is 0 Å². The fraction of sp³-hybridized carbons (Fsp3) is 1.00. The summed E-state index contributed by atoms with van der Waals surface area (Å²) >= 11 is 0. The number of nitrogens with one attached hydrogen (secondary N) is 1. The molecule has 3 heteroatoms. The maximum absolute atomic E-state index is 4.77. The normalized spacial score (nSPS) is 39.7. The molecule has 80 valence electrons. The Bertz CT molecular complexity index is 163. The minimum Gasteiger partial charge on any atom is -0.642 e. The van der Waals surface area contributed by atoms with E-state index in [1.54, 1.807) is 0 Å². The maximum Gasteiger partial charge on any atom is 1.00 e. The molecule has 2 rings (SSSR count). The van der Waals surface area contributed by atoms with Gasteiger partial charge < -0.3 is 10.6 Å². The third kappa shape index (κ3) is 2.37.